The number of aliphatic carboxylic acids is 1. The molecule has 0 saturated carbocycles. The van der Waals surface area contributed by atoms with Crippen molar-refractivity contribution < 1.29 is 19.2 Å². The standard InChI is InChI=1S/C17H26BN3O4/c1-11-13(18-24-16(2,3)17(4,5)25-18)10-19-15(20-11)21-8-6-12(7-9-21)14(22)23/h10,12H,6-9H2,1-5H3,(H,22,23). The number of carboxylic acid groups (broad SMARTS) is 1. The van der Waals surface area contributed by atoms with Gasteiger partial charge in [0.2, 0.25) is 5.95 Å². The van der Waals surface area contributed by atoms with E-state index in [0.29, 0.717) is 31.9 Å². The average molecular weight is 347 g/mol. The third-order valence-corrected chi connectivity index (χ3v) is 5.64. The first-order chi connectivity index (χ1) is 11.6. The summed E-state index contributed by atoms with van der Waals surface area (Å²) in [6.07, 6.45) is 3.01. The van der Waals surface area contributed by atoms with E-state index in [2.05, 4.69) is 9.97 Å². The Morgan fingerprint density at radius 1 is 1.24 bits per heavy atom. The first-order valence-corrected chi connectivity index (χ1v) is 8.77. The highest BCUT2D eigenvalue weighted by atomic mass is 16.7. The summed E-state index contributed by atoms with van der Waals surface area (Å²) in [7, 11) is -0.475. The number of hydrogen-bond donors (Lipinski definition) is 1. The Kier molecular flexibility index (Phi) is 4.53. The maximum Gasteiger partial charge on any atom is 0.498 e. The van der Waals surface area contributed by atoms with Crippen molar-refractivity contribution >= 4 is 24.5 Å². The Labute approximate surface area is 148 Å². The SMILES string of the molecule is Cc1nc(N2CCC(C(=O)O)CC2)ncc1B1OC(C)(C)C(C)(C)O1. The molecule has 136 valence electrons. The van der Waals surface area contributed by atoms with Gasteiger partial charge in [-0.15, -0.1) is 0 Å². The van der Waals surface area contributed by atoms with Gasteiger partial charge in [-0.05, 0) is 47.5 Å². The number of aryl methyl sites for hydroxylation is 1. The molecule has 0 aromatic carbocycles. The van der Waals surface area contributed by atoms with E-state index >= 15 is 0 Å². The first kappa shape index (κ1) is 18.1. The van der Waals surface area contributed by atoms with Crippen molar-refractivity contribution in [2.24, 2.45) is 5.92 Å². The highest BCUT2D eigenvalue weighted by molar-refractivity contribution is 6.62. The fourth-order valence-electron chi connectivity index (χ4n) is 3.14. The zero-order valence-corrected chi connectivity index (χ0v) is 15.6. The molecule has 2 fully saturated rings. The number of carbonyl (C=O) groups is 1. The maximum atomic E-state index is 11.1. The summed E-state index contributed by atoms with van der Waals surface area (Å²) in [5.41, 5.74) is 0.856. The minimum absolute atomic E-state index is 0.263. The van der Waals surface area contributed by atoms with Crippen LogP contribution < -0.4 is 10.4 Å². The number of nitrogens with zero attached hydrogens (tertiary/aromatic N) is 3. The molecular formula is C17H26BN3O4. The molecule has 0 atom stereocenters. The van der Waals surface area contributed by atoms with Crippen LogP contribution in [0.1, 0.15) is 46.2 Å². The van der Waals surface area contributed by atoms with E-state index in [1.807, 2.05) is 39.5 Å². The van der Waals surface area contributed by atoms with Gasteiger partial charge in [-0.25, -0.2) is 9.97 Å². The summed E-state index contributed by atoms with van der Waals surface area (Å²) in [5, 5.41) is 9.10. The number of hydrogen-bond acceptors (Lipinski definition) is 6. The Hall–Kier alpha value is -1.67. The van der Waals surface area contributed by atoms with E-state index in [9.17, 15) is 4.79 Å². The predicted octanol–water partition coefficient (Wildman–Crippen LogP) is 1.39. The predicted molar refractivity (Wildman–Crippen MR) is 95.1 cm³/mol. The van der Waals surface area contributed by atoms with Gasteiger partial charge < -0.3 is 19.3 Å². The smallest absolute Gasteiger partial charge is 0.481 e. The number of piperidine rings is 1. The van der Waals surface area contributed by atoms with Crippen LogP contribution in [0, 0.1) is 12.8 Å². The summed E-state index contributed by atoms with van der Waals surface area (Å²) < 4.78 is 12.2. The number of carboxylic acids is 1. The lowest BCUT2D eigenvalue weighted by Gasteiger charge is -2.32. The van der Waals surface area contributed by atoms with Crippen molar-refractivity contribution in [3.8, 4) is 0 Å². The largest absolute Gasteiger partial charge is 0.498 e. The molecule has 0 radical (unpaired) electrons. The second kappa shape index (κ2) is 6.25. The zero-order valence-electron chi connectivity index (χ0n) is 15.6. The van der Waals surface area contributed by atoms with E-state index in [-0.39, 0.29) is 5.92 Å². The Morgan fingerprint density at radius 3 is 2.28 bits per heavy atom. The fraction of sp³-hybridized carbons (Fsp3) is 0.706. The van der Waals surface area contributed by atoms with Crippen LogP contribution in [0.25, 0.3) is 0 Å². The lowest BCUT2D eigenvalue weighted by Crippen LogP contribution is -2.41. The van der Waals surface area contributed by atoms with Crippen LogP contribution in [-0.2, 0) is 14.1 Å². The lowest BCUT2D eigenvalue weighted by atomic mass is 9.79. The number of aromatic nitrogens is 2. The van der Waals surface area contributed by atoms with Crippen molar-refractivity contribution in [3.05, 3.63) is 11.9 Å². The van der Waals surface area contributed by atoms with Gasteiger partial charge >= 0.3 is 13.1 Å². The van der Waals surface area contributed by atoms with Crippen LogP contribution in [0.5, 0.6) is 0 Å². The molecule has 1 N–H and O–H groups in total. The third kappa shape index (κ3) is 3.37. The maximum absolute atomic E-state index is 11.1. The molecule has 25 heavy (non-hydrogen) atoms. The van der Waals surface area contributed by atoms with Crippen molar-refractivity contribution in [1.82, 2.24) is 9.97 Å². The van der Waals surface area contributed by atoms with Crippen LogP contribution >= 0.6 is 0 Å². The highest BCUT2D eigenvalue weighted by Crippen LogP contribution is 2.36. The van der Waals surface area contributed by atoms with E-state index in [4.69, 9.17) is 14.4 Å². The summed E-state index contributed by atoms with van der Waals surface area (Å²) in [5.74, 6) is -0.337. The molecule has 0 aliphatic carbocycles. The fourth-order valence-corrected chi connectivity index (χ4v) is 3.14. The zero-order chi connectivity index (χ0) is 18.4. The molecule has 7 nitrogen and oxygen atoms in total. The monoisotopic (exact) mass is 347 g/mol. The van der Waals surface area contributed by atoms with E-state index in [1.165, 1.54) is 0 Å². The van der Waals surface area contributed by atoms with E-state index in [1.54, 1.807) is 6.20 Å². The van der Waals surface area contributed by atoms with Crippen LogP contribution in [-0.4, -0.2) is 52.5 Å². The Morgan fingerprint density at radius 2 is 1.80 bits per heavy atom. The molecular weight excluding hydrogens is 321 g/mol. The first-order valence-electron chi connectivity index (χ1n) is 8.77. The molecule has 0 unspecified atom stereocenters. The van der Waals surface area contributed by atoms with Crippen molar-refractivity contribution in [3.63, 3.8) is 0 Å². The molecule has 3 heterocycles. The molecule has 3 rings (SSSR count). The molecule has 8 heteroatoms. The van der Waals surface area contributed by atoms with Gasteiger partial charge in [0.15, 0.2) is 0 Å². The summed E-state index contributed by atoms with van der Waals surface area (Å²) in [4.78, 5) is 22.2. The molecule has 0 amide bonds. The lowest BCUT2D eigenvalue weighted by molar-refractivity contribution is -0.142. The van der Waals surface area contributed by atoms with Gasteiger partial charge in [-0.1, -0.05) is 0 Å². The average Bonchev–Trinajstić information content (AvgIpc) is 2.75. The van der Waals surface area contributed by atoms with Crippen LogP contribution in [0.3, 0.4) is 0 Å². The molecule has 0 spiro atoms. The topological polar surface area (TPSA) is 84.8 Å². The Balaban J connectivity index is 1.73. The number of rotatable bonds is 3. The van der Waals surface area contributed by atoms with Gasteiger partial charge in [0.05, 0.1) is 17.1 Å². The van der Waals surface area contributed by atoms with Crippen LogP contribution in [0.4, 0.5) is 5.95 Å². The van der Waals surface area contributed by atoms with Gasteiger partial charge in [-0.3, -0.25) is 4.79 Å². The highest BCUT2D eigenvalue weighted by Gasteiger charge is 2.52. The molecule has 2 saturated heterocycles. The van der Waals surface area contributed by atoms with Crippen molar-refractivity contribution in [2.45, 2.75) is 58.7 Å². The molecule has 2 aliphatic heterocycles. The second-order valence-corrected chi connectivity index (χ2v) is 7.90. The van der Waals surface area contributed by atoms with Crippen molar-refractivity contribution in [1.29, 1.82) is 0 Å². The third-order valence-electron chi connectivity index (χ3n) is 5.64. The summed E-state index contributed by atoms with van der Waals surface area (Å²) >= 11 is 0. The van der Waals surface area contributed by atoms with Gasteiger partial charge in [0, 0.05) is 30.4 Å². The quantitative estimate of drug-likeness (QED) is 0.827. The van der Waals surface area contributed by atoms with Crippen molar-refractivity contribution in [2.75, 3.05) is 18.0 Å². The normalized spacial score (nSPS) is 23.1. The van der Waals surface area contributed by atoms with E-state index < -0.39 is 24.3 Å². The Bertz CT molecular complexity index is 656. The van der Waals surface area contributed by atoms with Crippen LogP contribution in [0.2, 0.25) is 0 Å². The molecule has 1 aromatic heterocycles. The molecule has 1 aromatic rings. The summed E-state index contributed by atoms with van der Waals surface area (Å²) in [6.45, 7) is 11.3. The minimum Gasteiger partial charge on any atom is -0.481 e. The minimum atomic E-state index is -0.715. The van der Waals surface area contributed by atoms with Crippen LogP contribution in [0.15, 0.2) is 6.20 Å². The summed E-state index contributed by atoms with van der Waals surface area (Å²) in [6, 6.07) is 0. The van der Waals surface area contributed by atoms with Gasteiger partial charge in [0.25, 0.3) is 0 Å². The number of anilines is 1. The second-order valence-electron chi connectivity index (χ2n) is 7.90. The van der Waals surface area contributed by atoms with Gasteiger partial charge in [0.1, 0.15) is 0 Å². The molecule has 0 bridgehead atoms. The van der Waals surface area contributed by atoms with Gasteiger partial charge in [-0.2, -0.15) is 0 Å². The molecule has 2 aliphatic rings. The van der Waals surface area contributed by atoms with E-state index in [0.717, 1.165) is 11.2 Å².